The molecule has 3 N–H and O–H groups in total. The monoisotopic (exact) mass is 368 g/mol. The topological polar surface area (TPSA) is 130 Å². The van der Waals surface area contributed by atoms with E-state index < -0.39 is 11.0 Å². The minimum atomic E-state index is -0.743. The van der Waals surface area contributed by atoms with E-state index in [1.807, 2.05) is 0 Å². The zero-order chi connectivity index (χ0) is 18.7. The number of carbonyl (C=O) groups excluding carboxylic acids is 3. The Labute approximate surface area is 149 Å². The van der Waals surface area contributed by atoms with Crippen LogP contribution in [0.4, 0.5) is 5.69 Å². The molecule has 10 heteroatoms. The second-order valence-electron chi connectivity index (χ2n) is 4.98. The van der Waals surface area contributed by atoms with Crippen LogP contribution in [-0.2, 0) is 14.4 Å². The number of nitro benzene ring substituents is 1. The van der Waals surface area contributed by atoms with Crippen LogP contribution in [0.1, 0.15) is 19.3 Å². The minimum absolute atomic E-state index is 0.00635. The number of carbonyl (C=O) groups is 3. The van der Waals surface area contributed by atoms with Crippen molar-refractivity contribution in [2.45, 2.75) is 30.2 Å². The third-order valence-corrected chi connectivity index (χ3v) is 3.98. The largest absolute Gasteiger partial charge is 0.357 e. The molecule has 0 radical (unpaired) electrons. The molecule has 0 saturated heterocycles. The fourth-order valence-corrected chi connectivity index (χ4v) is 2.60. The Hall–Kier alpha value is -2.46. The van der Waals surface area contributed by atoms with Crippen molar-refractivity contribution in [2.24, 2.45) is 0 Å². The summed E-state index contributed by atoms with van der Waals surface area (Å²) in [6.07, 6.45) is 1.24. The first kappa shape index (κ1) is 20.6. The molecule has 2 amide bonds. The molecule has 0 bridgehead atoms. The highest BCUT2D eigenvalue weighted by Crippen LogP contribution is 2.20. The molecule has 25 heavy (non-hydrogen) atoms. The van der Waals surface area contributed by atoms with Gasteiger partial charge in [0.25, 0.3) is 5.69 Å². The summed E-state index contributed by atoms with van der Waals surface area (Å²) in [4.78, 5) is 44.8. The Bertz CT molecular complexity index is 626. The molecule has 0 aliphatic rings. The predicted octanol–water partition coefficient (Wildman–Crippen LogP) is 0.791. The number of aldehydes is 1. The highest BCUT2D eigenvalue weighted by Gasteiger charge is 2.18. The fourth-order valence-electron chi connectivity index (χ4n) is 1.90. The average Bonchev–Trinajstić information content (AvgIpc) is 2.61. The Kier molecular flexibility index (Phi) is 9.19. The van der Waals surface area contributed by atoms with E-state index in [-0.39, 0.29) is 36.8 Å². The normalized spacial score (nSPS) is 11.4. The van der Waals surface area contributed by atoms with Crippen molar-refractivity contribution < 1.29 is 19.3 Å². The quantitative estimate of drug-likeness (QED) is 0.173. The summed E-state index contributed by atoms with van der Waals surface area (Å²) in [5, 5.41) is 15.7. The maximum atomic E-state index is 11.9. The van der Waals surface area contributed by atoms with Crippen LogP contribution in [0.2, 0.25) is 0 Å². The van der Waals surface area contributed by atoms with Gasteiger partial charge in [-0.15, -0.1) is 0 Å². The highest BCUT2D eigenvalue weighted by molar-refractivity contribution is 7.97. The van der Waals surface area contributed by atoms with Gasteiger partial charge in [0.1, 0.15) is 12.3 Å². The van der Waals surface area contributed by atoms with Crippen molar-refractivity contribution in [2.75, 3.05) is 13.6 Å². The summed E-state index contributed by atoms with van der Waals surface area (Å²) >= 11 is 1.18. The Morgan fingerprint density at radius 2 is 2.16 bits per heavy atom. The van der Waals surface area contributed by atoms with Gasteiger partial charge in [-0.05, 0) is 24.4 Å². The van der Waals surface area contributed by atoms with Crippen molar-refractivity contribution in [3.05, 3.63) is 34.4 Å². The molecule has 0 spiro atoms. The number of likely N-dealkylation sites (N-methyl/N-ethyl adjacent to an activating group) is 1. The number of nitrogens with one attached hydrogen (secondary N) is 3. The molecule has 0 aliphatic carbocycles. The summed E-state index contributed by atoms with van der Waals surface area (Å²) in [6.45, 7) is 0.313. The van der Waals surface area contributed by atoms with Crippen LogP contribution in [0.5, 0.6) is 0 Å². The number of hydrogen-bond acceptors (Lipinski definition) is 7. The summed E-state index contributed by atoms with van der Waals surface area (Å²) in [7, 11) is 1.46. The van der Waals surface area contributed by atoms with E-state index in [0.29, 0.717) is 17.7 Å². The zero-order valence-electron chi connectivity index (χ0n) is 13.7. The number of amides is 2. The van der Waals surface area contributed by atoms with E-state index >= 15 is 0 Å². The number of nitro groups is 1. The molecule has 9 nitrogen and oxygen atoms in total. The predicted molar refractivity (Wildman–Crippen MR) is 92.9 cm³/mol. The minimum Gasteiger partial charge on any atom is -0.357 e. The van der Waals surface area contributed by atoms with E-state index in [1.54, 1.807) is 12.1 Å². The van der Waals surface area contributed by atoms with Gasteiger partial charge in [0, 0.05) is 43.5 Å². The molecule has 0 fully saturated rings. The van der Waals surface area contributed by atoms with E-state index in [2.05, 4.69) is 15.4 Å². The van der Waals surface area contributed by atoms with Gasteiger partial charge in [0.05, 0.1) is 4.92 Å². The second kappa shape index (κ2) is 11.2. The van der Waals surface area contributed by atoms with Crippen LogP contribution in [-0.4, -0.2) is 42.7 Å². The van der Waals surface area contributed by atoms with Crippen LogP contribution in [0.3, 0.4) is 0 Å². The molecular weight excluding hydrogens is 348 g/mol. The van der Waals surface area contributed by atoms with Gasteiger partial charge in [0.2, 0.25) is 11.8 Å². The van der Waals surface area contributed by atoms with Crippen molar-refractivity contribution in [3.63, 3.8) is 0 Å². The molecule has 1 aromatic rings. The lowest BCUT2D eigenvalue weighted by molar-refractivity contribution is -0.385. The number of non-ortho nitro benzene ring substituents is 1. The van der Waals surface area contributed by atoms with Crippen LogP contribution in [0, 0.1) is 10.1 Å². The lowest BCUT2D eigenvalue weighted by Crippen LogP contribution is -2.46. The maximum Gasteiger partial charge on any atom is 0.270 e. The molecule has 1 aromatic carbocycles. The van der Waals surface area contributed by atoms with E-state index in [1.165, 1.54) is 31.1 Å². The standard InChI is InChI=1S/C15H20N4O5S/c1-16-15(22)13(6-3-9-20)18-14(21)7-8-17-25-12-5-2-4-11(10-12)19(23)24/h2,4-5,9-10,13,17H,3,6-8H2,1H3,(H,16,22)(H,18,21). The summed E-state index contributed by atoms with van der Waals surface area (Å²) in [5.74, 6) is -0.680. The van der Waals surface area contributed by atoms with Crippen molar-refractivity contribution >= 4 is 35.7 Å². The molecule has 136 valence electrons. The molecule has 1 unspecified atom stereocenters. The third-order valence-electron chi connectivity index (χ3n) is 3.14. The highest BCUT2D eigenvalue weighted by atomic mass is 32.2. The Morgan fingerprint density at radius 1 is 1.40 bits per heavy atom. The SMILES string of the molecule is CNC(=O)C(CCC=O)NC(=O)CCNSc1cccc([N+](=O)[O-])c1. The Balaban J connectivity index is 2.38. The molecule has 0 saturated carbocycles. The average molecular weight is 368 g/mol. The van der Waals surface area contributed by atoms with Crippen LogP contribution >= 0.6 is 11.9 Å². The number of benzene rings is 1. The first-order valence-electron chi connectivity index (χ1n) is 7.56. The Morgan fingerprint density at radius 3 is 2.80 bits per heavy atom. The fraction of sp³-hybridized carbons (Fsp3) is 0.400. The van der Waals surface area contributed by atoms with Gasteiger partial charge in [-0.2, -0.15) is 0 Å². The first-order chi connectivity index (χ1) is 12.0. The van der Waals surface area contributed by atoms with Crippen molar-refractivity contribution in [1.82, 2.24) is 15.4 Å². The number of rotatable bonds is 11. The van der Waals surface area contributed by atoms with E-state index in [9.17, 15) is 24.5 Å². The van der Waals surface area contributed by atoms with Gasteiger partial charge < -0.3 is 15.4 Å². The van der Waals surface area contributed by atoms with E-state index in [4.69, 9.17) is 0 Å². The maximum absolute atomic E-state index is 11.9. The number of nitrogens with zero attached hydrogens (tertiary/aromatic N) is 1. The smallest absolute Gasteiger partial charge is 0.270 e. The molecule has 0 aliphatic heterocycles. The lowest BCUT2D eigenvalue weighted by Gasteiger charge is -2.16. The van der Waals surface area contributed by atoms with Gasteiger partial charge in [-0.3, -0.25) is 24.4 Å². The lowest BCUT2D eigenvalue weighted by atomic mass is 10.1. The van der Waals surface area contributed by atoms with E-state index in [0.717, 1.165) is 0 Å². The molecule has 0 heterocycles. The van der Waals surface area contributed by atoms with Gasteiger partial charge in [-0.25, -0.2) is 0 Å². The third kappa shape index (κ3) is 7.77. The molecule has 1 atom stereocenters. The van der Waals surface area contributed by atoms with Gasteiger partial charge in [-0.1, -0.05) is 6.07 Å². The molecule has 0 aromatic heterocycles. The molecular formula is C15H20N4O5S. The zero-order valence-corrected chi connectivity index (χ0v) is 14.5. The van der Waals surface area contributed by atoms with Crippen molar-refractivity contribution in [3.8, 4) is 0 Å². The van der Waals surface area contributed by atoms with Gasteiger partial charge in [0.15, 0.2) is 0 Å². The van der Waals surface area contributed by atoms with Crippen molar-refractivity contribution in [1.29, 1.82) is 0 Å². The van der Waals surface area contributed by atoms with Crippen LogP contribution in [0.15, 0.2) is 29.2 Å². The number of hydrogen-bond donors (Lipinski definition) is 3. The summed E-state index contributed by atoms with van der Waals surface area (Å²) in [6, 6.07) is 5.38. The van der Waals surface area contributed by atoms with Gasteiger partial charge >= 0.3 is 0 Å². The summed E-state index contributed by atoms with van der Waals surface area (Å²) < 4.78 is 2.93. The summed E-state index contributed by atoms with van der Waals surface area (Å²) in [5.41, 5.74) is -0.00635. The van der Waals surface area contributed by atoms with Crippen LogP contribution < -0.4 is 15.4 Å². The molecule has 1 rings (SSSR count). The first-order valence-corrected chi connectivity index (χ1v) is 8.38. The second-order valence-corrected chi connectivity index (χ2v) is 5.94. The van der Waals surface area contributed by atoms with Crippen LogP contribution in [0.25, 0.3) is 0 Å².